The van der Waals surface area contributed by atoms with E-state index in [9.17, 15) is 0 Å². The first kappa shape index (κ1) is 16.1. The summed E-state index contributed by atoms with van der Waals surface area (Å²) in [4.78, 5) is 4.51. The van der Waals surface area contributed by atoms with Gasteiger partial charge < -0.3 is 4.74 Å². The number of rotatable bonds is 3. The van der Waals surface area contributed by atoms with Crippen molar-refractivity contribution in [1.29, 1.82) is 0 Å². The van der Waals surface area contributed by atoms with Gasteiger partial charge in [-0.25, -0.2) is 4.99 Å². The lowest BCUT2D eigenvalue weighted by Gasteiger charge is -2.19. The number of aliphatic imine (C=N–C) groups is 1. The number of hydrogen-bond donors (Lipinski definition) is 2. The minimum atomic E-state index is 0.592. The van der Waals surface area contributed by atoms with Crippen LogP contribution < -0.4 is 15.6 Å². The predicted octanol–water partition coefficient (Wildman–Crippen LogP) is 4.83. The van der Waals surface area contributed by atoms with Gasteiger partial charge in [-0.15, -0.1) is 0 Å². The second-order valence-electron chi connectivity index (χ2n) is 4.64. The molecule has 1 heterocycles. The van der Waals surface area contributed by atoms with Crippen LogP contribution in [0.4, 0.5) is 5.69 Å². The van der Waals surface area contributed by atoms with E-state index in [2.05, 4.69) is 15.8 Å². The minimum Gasteiger partial charge on any atom is -0.497 e. The molecule has 0 spiro atoms. The molecule has 2 aromatic rings. The molecule has 7 heteroatoms. The van der Waals surface area contributed by atoms with Crippen LogP contribution in [-0.2, 0) is 0 Å². The average molecular weight is 366 g/mol. The number of hydrogen-bond acceptors (Lipinski definition) is 4. The maximum Gasteiger partial charge on any atom is 0.184 e. The Labute approximate surface area is 148 Å². The molecule has 0 atom stereocenters. The second-order valence-corrected chi connectivity index (χ2v) is 6.34. The fourth-order valence-corrected chi connectivity index (χ4v) is 3.16. The van der Waals surface area contributed by atoms with Crippen molar-refractivity contribution in [2.24, 2.45) is 4.99 Å². The van der Waals surface area contributed by atoms with Gasteiger partial charge in [0.05, 0.1) is 23.5 Å². The maximum absolute atomic E-state index is 6.21. The van der Waals surface area contributed by atoms with Gasteiger partial charge in [-0.3, -0.25) is 10.9 Å². The molecule has 0 aromatic heterocycles. The first-order chi connectivity index (χ1) is 11.2. The highest BCUT2D eigenvalue weighted by Gasteiger charge is 2.13. The van der Waals surface area contributed by atoms with Crippen LogP contribution in [0.5, 0.6) is 5.75 Å². The van der Waals surface area contributed by atoms with Crippen molar-refractivity contribution in [3.8, 4) is 5.75 Å². The molecule has 0 saturated heterocycles. The van der Waals surface area contributed by atoms with Crippen LogP contribution in [0.3, 0.4) is 0 Å². The molecule has 0 aliphatic carbocycles. The molecular formula is C16H13Cl2N3OS. The molecule has 0 unspecified atom stereocenters. The number of nitrogens with zero attached hydrogens (tertiary/aromatic N) is 1. The van der Waals surface area contributed by atoms with Gasteiger partial charge in [0.1, 0.15) is 5.75 Å². The standard InChI is InChI=1S/C16H13Cl2N3OS/c1-22-12-5-3-11(4-6-12)19-16-21-20-15(9-23-16)13-7-2-10(17)8-14(13)18/h2-9,20H,1H3,(H,19,21). The topological polar surface area (TPSA) is 45.6 Å². The Morgan fingerprint density at radius 1 is 1.04 bits per heavy atom. The number of amidine groups is 1. The molecule has 3 rings (SSSR count). The molecule has 0 amide bonds. The van der Waals surface area contributed by atoms with Crippen LogP contribution >= 0.6 is 35.0 Å². The zero-order valence-electron chi connectivity index (χ0n) is 12.1. The highest BCUT2D eigenvalue weighted by molar-refractivity contribution is 8.16. The summed E-state index contributed by atoms with van der Waals surface area (Å²) in [6.45, 7) is 0. The van der Waals surface area contributed by atoms with Crippen molar-refractivity contribution >= 4 is 51.5 Å². The van der Waals surface area contributed by atoms with Gasteiger partial charge in [0.15, 0.2) is 5.17 Å². The van der Waals surface area contributed by atoms with Crippen LogP contribution in [0.1, 0.15) is 5.56 Å². The lowest BCUT2D eigenvalue weighted by atomic mass is 10.2. The molecule has 1 aliphatic heterocycles. The van der Waals surface area contributed by atoms with E-state index in [1.54, 1.807) is 19.2 Å². The fraction of sp³-hybridized carbons (Fsp3) is 0.0625. The van der Waals surface area contributed by atoms with E-state index in [4.69, 9.17) is 27.9 Å². The predicted molar refractivity (Wildman–Crippen MR) is 98.4 cm³/mol. The molecule has 118 valence electrons. The van der Waals surface area contributed by atoms with E-state index in [1.807, 2.05) is 35.7 Å². The Balaban J connectivity index is 1.75. The Morgan fingerprint density at radius 2 is 1.83 bits per heavy atom. The van der Waals surface area contributed by atoms with Crippen molar-refractivity contribution in [3.63, 3.8) is 0 Å². The summed E-state index contributed by atoms with van der Waals surface area (Å²) in [5, 5.41) is 3.89. The van der Waals surface area contributed by atoms with E-state index in [0.717, 1.165) is 27.9 Å². The summed E-state index contributed by atoms with van der Waals surface area (Å²) in [5.74, 6) is 0.802. The SMILES string of the molecule is COc1ccc(N=C2NNC(c3ccc(Cl)cc3Cl)=CS2)cc1. The highest BCUT2D eigenvalue weighted by Crippen LogP contribution is 2.29. The van der Waals surface area contributed by atoms with E-state index >= 15 is 0 Å². The van der Waals surface area contributed by atoms with Crippen LogP contribution in [0, 0.1) is 0 Å². The van der Waals surface area contributed by atoms with Crippen molar-refractivity contribution in [3.05, 3.63) is 63.5 Å². The average Bonchev–Trinajstić information content (AvgIpc) is 2.57. The van der Waals surface area contributed by atoms with Gasteiger partial charge >= 0.3 is 0 Å². The number of methoxy groups -OCH3 is 1. The first-order valence-corrected chi connectivity index (χ1v) is 8.36. The van der Waals surface area contributed by atoms with Gasteiger partial charge in [-0.2, -0.15) is 0 Å². The Bertz CT molecular complexity index is 775. The largest absolute Gasteiger partial charge is 0.497 e. The quantitative estimate of drug-likeness (QED) is 0.817. The number of ether oxygens (including phenoxy) is 1. The highest BCUT2D eigenvalue weighted by atomic mass is 35.5. The van der Waals surface area contributed by atoms with Crippen molar-refractivity contribution in [2.75, 3.05) is 7.11 Å². The first-order valence-electron chi connectivity index (χ1n) is 6.73. The van der Waals surface area contributed by atoms with E-state index < -0.39 is 0 Å². The van der Waals surface area contributed by atoms with E-state index in [1.165, 1.54) is 11.8 Å². The van der Waals surface area contributed by atoms with Crippen LogP contribution in [0.2, 0.25) is 10.0 Å². The molecule has 2 N–H and O–H groups in total. The Hall–Kier alpha value is -1.82. The molecule has 0 fully saturated rings. The monoisotopic (exact) mass is 365 g/mol. The minimum absolute atomic E-state index is 0.592. The molecule has 2 aromatic carbocycles. The van der Waals surface area contributed by atoms with Gasteiger partial charge in [0.2, 0.25) is 0 Å². The molecule has 23 heavy (non-hydrogen) atoms. The third-order valence-electron chi connectivity index (χ3n) is 3.12. The zero-order chi connectivity index (χ0) is 16.2. The number of hydrazine groups is 1. The van der Waals surface area contributed by atoms with Gasteiger partial charge in [-0.1, -0.05) is 35.0 Å². The van der Waals surface area contributed by atoms with Gasteiger partial charge in [-0.05, 0) is 42.5 Å². The molecular weight excluding hydrogens is 353 g/mol. The van der Waals surface area contributed by atoms with Gasteiger partial charge in [0, 0.05) is 16.0 Å². The summed E-state index contributed by atoms with van der Waals surface area (Å²) in [6, 6.07) is 12.9. The molecule has 0 bridgehead atoms. The number of halogens is 2. The summed E-state index contributed by atoms with van der Waals surface area (Å²) >= 11 is 13.6. The van der Waals surface area contributed by atoms with Crippen molar-refractivity contribution in [1.82, 2.24) is 10.9 Å². The van der Waals surface area contributed by atoms with E-state index in [0.29, 0.717) is 10.0 Å². The third-order valence-corrected chi connectivity index (χ3v) is 4.43. The smallest absolute Gasteiger partial charge is 0.184 e. The zero-order valence-corrected chi connectivity index (χ0v) is 14.5. The summed E-state index contributed by atoms with van der Waals surface area (Å²) in [5.41, 5.74) is 8.73. The van der Waals surface area contributed by atoms with E-state index in [-0.39, 0.29) is 0 Å². The summed E-state index contributed by atoms with van der Waals surface area (Å²) in [7, 11) is 1.64. The van der Waals surface area contributed by atoms with Crippen molar-refractivity contribution in [2.45, 2.75) is 0 Å². The maximum atomic E-state index is 6.21. The van der Waals surface area contributed by atoms with Crippen LogP contribution in [-0.4, -0.2) is 12.3 Å². The number of thioether (sulfide) groups is 1. The summed E-state index contributed by atoms with van der Waals surface area (Å²) < 4.78 is 5.13. The molecule has 1 aliphatic rings. The number of nitrogens with one attached hydrogen (secondary N) is 2. The fourth-order valence-electron chi connectivity index (χ4n) is 1.96. The molecule has 0 radical (unpaired) electrons. The lowest BCUT2D eigenvalue weighted by Crippen LogP contribution is -2.36. The lowest BCUT2D eigenvalue weighted by molar-refractivity contribution is 0.415. The van der Waals surface area contributed by atoms with Crippen molar-refractivity contribution < 1.29 is 4.74 Å². The van der Waals surface area contributed by atoms with Gasteiger partial charge in [0.25, 0.3) is 0 Å². The summed E-state index contributed by atoms with van der Waals surface area (Å²) in [6.07, 6.45) is 0. The molecule has 0 saturated carbocycles. The second kappa shape index (κ2) is 7.17. The number of benzene rings is 2. The van der Waals surface area contributed by atoms with Crippen LogP contribution in [0.15, 0.2) is 52.9 Å². The Kier molecular flexibility index (Phi) is 5.00. The Morgan fingerprint density at radius 3 is 2.43 bits per heavy atom. The van der Waals surface area contributed by atoms with Crippen LogP contribution in [0.25, 0.3) is 5.70 Å². The molecule has 4 nitrogen and oxygen atoms in total. The normalized spacial score (nSPS) is 15.6. The third kappa shape index (κ3) is 3.93.